The minimum atomic E-state index is -1.18. The van der Waals surface area contributed by atoms with Gasteiger partial charge in [0.1, 0.15) is 6.04 Å². The van der Waals surface area contributed by atoms with Crippen LogP contribution in [0.25, 0.3) is 11.6 Å². The van der Waals surface area contributed by atoms with E-state index in [0.717, 1.165) is 35.6 Å². The van der Waals surface area contributed by atoms with Gasteiger partial charge in [-0.25, -0.2) is 4.79 Å². The van der Waals surface area contributed by atoms with Gasteiger partial charge in [0.05, 0.1) is 6.10 Å². The van der Waals surface area contributed by atoms with Gasteiger partial charge in [0.2, 0.25) is 0 Å². The van der Waals surface area contributed by atoms with Crippen molar-refractivity contribution in [2.75, 3.05) is 7.11 Å². The predicted octanol–water partition coefficient (Wildman–Crippen LogP) is 0.534. The molecular weight excluding hydrogens is 353 g/mol. The van der Waals surface area contributed by atoms with E-state index >= 15 is 0 Å². The molecule has 4 N–H and O–H groups in total. The first-order valence-electron chi connectivity index (χ1n) is 6.82. The Balaban J connectivity index is 0.00000123. The summed E-state index contributed by atoms with van der Waals surface area (Å²) in [4.78, 5) is 22.9. The van der Waals surface area contributed by atoms with Gasteiger partial charge in [-0.3, -0.25) is 4.79 Å². The van der Waals surface area contributed by atoms with Gasteiger partial charge in [-0.05, 0) is 24.1 Å². The Kier molecular flexibility index (Phi) is 10.5. The molecule has 0 saturated heterocycles. The molecule has 1 aromatic rings. The van der Waals surface area contributed by atoms with E-state index in [1.165, 1.54) is 19.2 Å². The number of aliphatic carboxylic acids is 1. The summed E-state index contributed by atoms with van der Waals surface area (Å²) in [6, 6.07) is 6.17. The van der Waals surface area contributed by atoms with E-state index in [0.29, 0.717) is 5.57 Å². The first-order chi connectivity index (χ1) is 11.5. The predicted molar refractivity (Wildman–Crippen MR) is 83.5 cm³/mol. The van der Waals surface area contributed by atoms with Crippen LogP contribution in [0.15, 0.2) is 36.5 Å². The van der Waals surface area contributed by atoms with Gasteiger partial charge < -0.3 is 20.6 Å². The maximum atomic E-state index is 11.9. The normalized spacial score (nSPS) is 15.8. The van der Waals surface area contributed by atoms with Gasteiger partial charge in [-0.1, -0.05) is 30.3 Å². The van der Waals surface area contributed by atoms with Crippen molar-refractivity contribution in [3.05, 3.63) is 47.7 Å². The average Bonchev–Trinajstić information content (AvgIpc) is 2.60. The Morgan fingerprint density at radius 1 is 1.21 bits per heavy atom. The Morgan fingerprint density at radius 2 is 1.79 bits per heavy atom. The van der Waals surface area contributed by atoms with Crippen molar-refractivity contribution in [3.8, 4) is 0 Å². The quantitative estimate of drug-likeness (QED) is 0.569. The molecule has 0 bridgehead atoms. The summed E-state index contributed by atoms with van der Waals surface area (Å²) in [7, 11) is 1.00. The molecule has 0 unspecified atom stereocenters. The van der Waals surface area contributed by atoms with Crippen LogP contribution in [0, 0.1) is 0 Å². The molecule has 129 valence electrons. The van der Waals surface area contributed by atoms with E-state index in [9.17, 15) is 14.7 Å². The molecule has 1 aliphatic rings. The van der Waals surface area contributed by atoms with Crippen molar-refractivity contribution < 1.29 is 46.0 Å². The second kappa shape index (κ2) is 11.5. The standard InChI is InChI=1S/C15H15NO4.CH4O.O.V/c1-9(17)14(15(19)20)16-8-12-11-5-3-2-4-10(11)6-7-13(12)18;1-2;;/h2-9,14,16-17H,1H3,(H,19,20);2H,1H3;;/b12-8-;;;/t9-,14+;;;/m1.../s1. The number of hydrogen-bond donors (Lipinski definition) is 4. The monoisotopic (exact) mass is 372 g/mol. The summed E-state index contributed by atoms with van der Waals surface area (Å²) in [6.45, 7) is 1.38. The molecule has 8 heteroatoms. The number of allylic oxidation sites excluding steroid dienone is 2. The maximum absolute atomic E-state index is 11.9. The number of benzene rings is 1. The van der Waals surface area contributed by atoms with Gasteiger partial charge >= 0.3 is 27.0 Å². The molecule has 0 aliphatic heterocycles. The third-order valence-electron chi connectivity index (χ3n) is 3.09. The molecule has 7 nitrogen and oxygen atoms in total. The van der Waals surface area contributed by atoms with E-state index in [1.54, 1.807) is 12.1 Å². The third-order valence-corrected chi connectivity index (χ3v) is 3.09. The number of rotatable bonds is 4. The summed E-state index contributed by atoms with van der Waals surface area (Å²) in [5.41, 5.74) is 2.02. The molecule has 0 amide bonds. The fourth-order valence-electron chi connectivity index (χ4n) is 2.01. The zero-order valence-electron chi connectivity index (χ0n) is 13.2. The number of ketones is 1. The molecule has 0 radical (unpaired) electrons. The zero-order chi connectivity index (χ0) is 18.7. The molecule has 0 spiro atoms. The molecule has 1 aromatic carbocycles. The molecule has 0 aromatic heterocycles. The topological polar surface area (TPSA) is 124 Å². The SMILES string of the molecule is CO.C[C@@H](O)[C@H](N/C=C1\C(=O)C=Cc2ccccc21)C(=O)O.[O]=[V]. The number of hydrogen-bond acceptors (Lipinski definition) is 6. The number of aliphatic hydroxyl groups excluding tert-OH is 2. The Labute approximate surface area is 148 Å². The molecule has 24 heavy (non-hydrogen) atoms. The Hall–Kier alpha value is -2.06. The van der Waals surface area contributed by atoms with E-state index in [1.807, 2.05) is 18.2 Å². The molecule has 1 aliphatic carbocycles. The second-order valence-corrected chi connectivity index (χ2v) is 4.57. The van der Waals surface area contributed by atoms with Gasteiger partial charge in [0.15, 0.2) is 5.78 Å². The molecule has 0 heterocycles. The summed E-state index contributed by atoms with van der Waals surface area (Å²) in [5.74, 6) is -1.38. The van der Waals surface area contributed by atoms with E-state index in [2.05, 4.69) is 5.32 Å². The summed E-state index contributed by atoms with van der Waals surface area (Å²) >= 11 is 1.06. The zero-order valence-corrected chi connectivity index (χ0v) is 14.6. The number of fused-ring (bicyclic) bond motifs is 1. The van der Waals surface area contributed by atoms with Crippen LogP contribution in [-0.4, -0.2) is 46.3 Å². The van der Waals surface area contributed by atoms with E-state index in [-0.39, 0.29) is 5.78 Å². The molecular formula is C16H19NO6V. The van der Waals surface area contributed by atoms with Crippen molar-refractivity contribution >= 4 is 23.4 Å². The third kappa shape index (κ3) is 5.86. The fourth-order valence-corrected chi connectivity index (χ4v) is 2.01. The minimum absolute atomic E-state index is 0.203. The van der Waals surface area contributed by atoms with E-state index in [4.69, 9.17) is 13.9 Å². The first-order valence-corrected chi connectivity index (χ1v) is 7.39. The van der Waals surface area contributed by atoms with Gasteiger partial charge in [-0.2, -0.15) is 0 Å². The number of carbonyl (C=O) groups excluding carboxylic acids is 1. The van der Waals surface area contributed by atoms with Crippen LogP contribution in [0.3, 0.4) is 0 Å². The second-order valence-electron chi connectivity index (χ2n) is 4.57. The average molecular weight is 372 g/mol. The van der Waals surface area contributed by atoms with Crippen molar-refractivity contribution in [3.63, 3.8) is 0 Å². The molecule has 0 saturated carbocycles. The van der Waals surface area contributed by atoms with Crippen molar-refractivity contribution in [1.82, 2.24) is 5.32 Å². The summed E-state index contributed by atoms with van der Waals surface area (Å²) in [6.07, 6.45) is 3.44. The van der Waals surface area contributed by atoms with Crippen LogP contribution in [-0.2, 0) is 30.6 Å². The van der Waals surface area contributed by atoms with Crippen molar-refractivity contribution in [2.45, 2.75) is 19.1 Å². The Morgan fingerprint density at radius 3 is 2.33 bits per heavy atom. The van der Waals surface area contributed by atoms with Crippen LogP contribution < -0.4 is 5.32 Å². The van der Waals surface area contributed by atoms with Gasteiger partial charge in [0.25, 0.3) is 0 Å². The van der Waals surface area contributed by atoms with Crippen LogP contribution in [0.2, 0.25) is 0 Å². The van der Waals surface area contributed by atoms with Crippen molar-refractivity contribution in [1.29, 1.82) is 0 Å². The van der Waals surface area contributed by atoms with Crippen LogP contribution in [0.4, 0.5) is 0 Å². The van der Waals surface area contributed by atoms with Crippen LogP contribution in [0.1, 0.15) is 18.1 Å². The van der Waals surface area contributed by atoms with Gasteiger partial charge in [0, 0.05) is 18.9 Å². The number of carboxylic acids is 1. The molecule has 2 atom stereocenters. The number of nitrogens with one attached hydrogen (secondary N) is 1. The van der Waals surface area contributed by atoms with Crippen LogP contribution >= 0.6 is 0 Å². The van der Waals surface area contributed by atoms with Crippen molar-refractivity contribution in [2.24, 2.45) is 0 Å². The Bertz CT molecular complexity index is 627. The molecule has 0 fully saturated rings. The fraction of sp³-hybridized carbons (Fsp3) is 0.250. The number of carbonyl (C=O) groups is 2. The number of aliphatic hydroxyl groups is 2. The first kappa shape index (κ1) is 21.9. The molecule has 2 rings (SSSR count). The van der Waals surface area contributed by atoms with E-state index < -0.39 is 18.1 Å². The number of carboxylic acid groups (broad SMARTS) is 1. The van der Waals surface area contributed by atoms with Crippen LogP contribution in [0.5, 0.6) is 0 Å². The van der Waals surface area contributed by atoms with Gasteiger partial charge in [-0.15, -0.1) is 0 Å². The summed E-state index contributed by atoms with van der Waals surface area (Å²) < 4.78 is 8.19. The summed E-state index contributed by atoms with van der Waals surface area (Å²) in [5, 5.41) is 28.0.